The molecule has 0 radical (unpaired) electrons. The Bertz CT molecular complexity index is 698. The lowest BCUT2D eigenvalue weighted by Crippen LogP contribution is -1.93. The normalized spacial score (nSPS) is 10.4. The van der Waals surface area contributed by atoms with Crippen LogP contribution >= 0.6 is 23.2 Å². The van der Waals surface area contributed by atoms with Crippen molar-refractivity contribution in [3.05, 3.63) is 82.4 Å². The maximum absolute atomic E-state index is 5.96. The summed E-state index contributed by atoms with van der Waals surface area (Å²) in [7, 11) is 0. The van der Waals surface area contributed by atoms with Crippen molar-refractivity contribution in [3.8, 4) is 0 Å². The monoisotopic (exact) mass is 315 g/mol. The zero-order valence-corrected chi connectivity index (χ0v) is 12.5. The van der Waals surface area contributed by atoms with E-state index in [1.165, 1.54) is 6.33 Å². The molecule has 0 aliphatic carbocycles. The molecule has 1 heterocycles. The summed E-state index contributed by atoms with van der Waals surface area (Å²) in [5.74, 6) is 0. The zero-order valence-electron chi connectivity index (χ0n) is 10.9. The second kappa shape index (κ2) is 6.12. The van der Waals surface area contributed by atoms with E-state index in [1.807, 2.05) is 54.7 Å². The van der Waals surface area contributed by atoms with Crippen LogP contribution in [-0.2, 0) is 0 Å². The number of rotatable bonds is 3. The molecule has 0 amide bonds. The van der Waals surface area contributed by atoms with E-state index in [1.54, 1.807) is 11.0 Å². The molecular formula is C16H11Cl2N3. The highest BCUT2D eigenvalue weighted by atomic mass is 35.5. The summed E-state index contributed by atoms with van der Waals surface area (Å²) < 4.78 is 1.67. The summed E-state index contributed by atoms with van der Waals surface area (Å²) in [6.45, 7) is 0. The van der Waals surface area contributed by atoms with Crippen LogP contribution in [0, 0.1) is 0 Å². The van der Waals surface area contributed by atoms with E-state index in [0.717, 1.165) is 16.7 Å². The van der Waals surface area contributed by atoms with Gasteiger partial charge in [-0.15, -0.1) is 0 Å². The third kappa shape index (κ3) is 3.32. The van der Waals surface area contributed by atoms with Crippen molar-refractivity contribution < 1.29 is 0 Å². The number of hydrogen-bond donors (Lipinski definition) is 0. The standard InChI is InChI=1S/C16H11Cl2N3/c17-14-5-1-12(2-6-14)16(9-21-11-19-10-20-21)13-3-7-15(18)8-4-13/h1-11H. The van der Waals surface area contributed by atoms with Gasteiger partial charge in [-0.25, -0.2) is 9.67 Å². The Morgan fingerprint density at radius 2 is 1.38 bits per heavy atom. The van der Waals surface area contributed by atoms with E-state index in [9.17, 15) is 0 Å². The van der Waals surface area contributed by atoms with Crippen molar-refractivity contribution in [3.63, 3.8) is 0 Å². The highest BCUT2D eigenvalue weighted by molar-refractivity contribution is 6.31. The fourth-order valence-corrected chi connectivity index (χ4v) is 2.24. The molecule has 1 aromatic heterocycles. The molecule has 3 rings (SSSR count). The lowest BCUT2D eigenvalue weighted by molar-refractivity contribution is 0.935. The van der Waals surface area contributed by atoms with Crippen LogP contribution in [0.1, 0.15) is 11.1 Å². The van der Waals surface area contributed by atoms with Gasteiger partial charge in [0.25, 0.3) is 0 Å². The minimum absolute atomic E-state index is 0.704. The smallest absolute Gasteiger partial charge is 0.138 e. The van der Waals surface area contributed by atoms with Gasteiger partial charge < -0.3 is 0 Å². The molecule has 0 spiro atoms. The molecule has 5 heteroatoms. The fourth-order valence-electron chi connectivity index (χ4n) is 1.99. The Balaban J connectivity index is 2.10. The molecule has 0 aliphatic heterocycles. The Morgan fingerprint density at radius 3 is 1.81 bits per heavy atom. The molecule has 0 N–H and O–H groups in total. The summed E-state index contributed by atoms with van der Waals surface area (Å²) in [5, 5.41) is 5.53. The zero-order chi connectivity index (χ0) is 14.7. The molecule has 0 atom stereocenters. The van der Waals surface area contributed by atoms with E-state index < -0.39 is 0 Å². The lowest BCUT2D eigenvalue weighted by atomic mass is 9.99. The minimum atomic E-state index is 0.704. The van der Waals surface area contributed by atoms with Gasteiger partial charge in [-0.05, 0) is 35.4 Å². The summed E-state index contributed by atoms with van der Waals surface area (Å²) in [4.78, 5) is 3.96. The largest absolute Gasteiger partial charge is 0.228 e. The summed E-state index contributed by atoms with van der Waals surface area (Å²) in [6.07, 6.45) is 5.06. The Morgan fingerprint density at radius 1 is 0.857 bits per heavy atom. The van der Waals surface area contributed by atoms with Crippen molar-refractivity contribution in [2.45, 2.75) is 0 Å². The molecule has 0 fully saturated rings. The van der Waals surface area contributed by atoms with E-state index in [2.05, 4.69) is 10.1 Å². The van der Waals surface area contributed by atoms with Gasteiger partial charge in [-0.2, -0.15) is 5.10 Å². The van der Waals surface area contributed by atoms with Crippen LogP contribution in [0.3, 0.4) is 0 Å². The number of hydrogen-bond acceptors (Lipinski definition) is 2. The number of benzene rings is 2. The first-order valence-electron chi connectivity index (χ1n) is 6.30. The molecule has 0 unspecified atom stereocenters. The van der Waals surface area contributed by atoms with Gasteiger partial charge in [0, 0.05) is 21.8 Å². The molecule has 2 aromatic carbocycles. The maximum Gasteiger partial charge on any atom is 0.138 e. The molecular weight excluding hydrogens is 305 g/mol. The third-order valence-corrected chi connectivity index (χ3v) is 3.51. The third-order valence-electron chi connectivity index (χ3n) is 3.01. The fraction of sp³-hybridized carbons (Fsp3) is 0. The first-order chi connectivity index (χ1) is 10.2. The van der Waals surface area contributed by atoms with Crippen molar-refractivity contribution in [2.75, 3.05) is 0 Å². The molecule has 0 saturated carbocycles. The van der Waals surface area contributed by atoms with E-state index in [0.29, 0.717) is 10.0 Å². The van der Waals surface area contributed by atoms with Crippen LogP contribution in [0.5, 0.6) is 0 Å². The molecule has 104 valence electrons. The van der Waals surface area contributed by atoms with Gasteiger partial charge in [-0.1, -0.05) is 47.5 Å². The Hall–Kier alpha value is -2.10. The second-order valence-electron chi connectivity index (χ2n) is 4.43. The Kier molecular flexibility index (Phi) is 4.04. The van der Waals surface area contributed by atoms with Gasteiger partial charge in [-0.3, -0.25) is 0 Å². The van der Waals surface area contributed by atoms with Gasteiger partial charge in [0.05, 0.1) is 0 Å². The van der Waals surface area contributed by atoms with Crippen molar-refractivity contribution in [2.24, 2.45) is 0 Å². The van der Waals surface area contributed by atoms with Crippen LogP contribution in [-0.4, -0.2) is 14.8 Å². The number of halogens is 2. The average Bonchev–Trinajstić information content (AvgIpc) is 3.00. The number of nitrogens with zero attached hydrogens (tertiary/aromatic N) is 3. The van der Waals surface area contributed by atoms with Crippen molar-refractivity contribution >= 4 is 35.0 Å². The van der Waals surface area contributed by atoms with Crippen molar-refractivity contribution in [1.82, 2.24) is 14.8 Å². The summed E-state index contributed by atoms with van der Waals surface area (Å²) in [5.41, 5.74) is 3.09. The summed E-state index contributed by atoms with van der Waals surface area (Å²) >= 11 is 11.9. The molecule has 0 bridgehead atoms. The van der Waals surface area contributed by atoms with Crippen LogP contribution in [0.15, 0.2) is 61.2 Å². The van der Waals surface area contributed by atoms with Crippen LogP contribution in [0.25, 0.3) is 11.8 Å². The van der Waals surface area contributed by atoms with Crippen molar-refractivity contribution in [1.29, 1.82) is 0 Å². The average molecular weight is 316 g/mol. The quantitative estimate of drug-likeness (QED) is 0.705. The predicted molar refractivity (Wildman–Crippen MR) is 86.2 cm³/mol. The van der Waals surface area contributed by atoms with Gasteiger partial charge in [0.15, 0.2) is 0 Å². The maximum atomic E-state index is 5.96. The molecule has 3 nitrogen and oxygen atoms in total. The SMILES string of the molecule is Clc1ccc(C(=Cn2cncn2)c2ccc(Cl)cc2)cc1. The minimum Gasteiger partial charge on any atom is -0.228 e. The van der Waals surface area contributed by atoms with Crippen LogP contribution in [0.4, 0.5) is 0 Å². The van der Waals surface area contributed by atoms with Gasteiger partial charge >= 0.3 is 0 Å². The molecule has 0 aliphatic rings. The van der Waals surface area contributed by atoms with Gasteiger partial charge in [0.2, 0.25) is 0 Å². The molecule has 21 heavy (non-hydrogen) atoms. The van der Waals surface area contributed by atoms with E-state index >= 15 is 0 Å². The first kappa shape index (κ1) is 13.9. The highest BCUT2D eigenvalue weighted by Crippen LogP contribution is 2.26. The second-order valence-corrected chi connectivity index (χ2v) is 5.30. The topological polar surface area (TPSA) is 30.7 Å². The Labute approximate surface area is 132 Å². The lowest BCUT2D eigenvalue weighted by Gasteiger charge is -2.09. The van der Waals surface area contributed by atoms with E-state index in [-0.39, 0.29) is 0 Å². The predicted octanol–water partition coefficient (Wildman–Crippen LogP) is 4.63. The molecule has 0 saturated heterocycles. The van der Waals surface area contributed by atoms with Crippen LogP contribution in [0.2, 0.25) is 10.0 Å². The summed E-state index contributed by atoms with van der Waals surface area (Å²) in [6, 6.07) is 15.3. The van der Waals surface area contributed by atoms with Crippen LogP contribution < -0.4 is 0 Å². The first-order valence-corrected chi connectivity index (χ1v) is 7.06. The highest BCUT2D eigenvalue weighted by Gasteiger charge is 2.06. The van der Waals surface area contributed by atoms with Gasteiger partial charge in [0.1, 0.15) is 12.7 Å². The van der Waals surface area contributed by atoms with E-state index in [4.69, 9.17) is 23.2 Å². The number of aromatic nitrogens is 3. The molecule has 3 aromatic rings.